The predicted molar refractivity (Wildman–Crippen MR) is 127 cm³/mol. The fourth-order valence-corrected chi connectivity index (χ4v) is 3.45. The monoisotopic (exact) mass is 513 g/mol. The van der Waals surface area contributed by atoms with Crippen molar-refractivity contribution in [2.75, 3.05) is 13.1 Å². The van der Waals surface area contributed by atoms with Gasteiger partial charge in [0.05, 0.1) is 12.5 Å². The molecule has 5 amide bonds. The van der Waals surface area contributed by atoms with Crippen LogP contribution in [0.15, 0.2) is 4.99 Å². The summed E-state index contributed by atoms with van der Waals surface area (Å²) in [6.45, 7) is 0.755. The molecule has 36 heavy (non-hydrogen) atoms. The van der Waals surface area contributed by atoms with Gasteiger partial charge in [0, 0.05) is 13.0 Å². The Bertz CT molecular complexity index is 854. The number of rotatable bonds is 16. The van der Waals surface area contributed by atoms with Crippen LogP contribution in [-0.2, 0) is 28.8 Å². The summed E-state index contributed by atoms with van der Waals surface area (Å²) in [5.74, 6) is -5.46. The van der Waals surface area contributed by atoms with Crippen molar-refractivity contribution in [2.45, 2.75) is 69.1 Å². The number of hydrogen-bond acceptors (Lipinski definition) is 8. The van der Waals surface area contributed by atoms with Gasteiger partial charge in [0.2, 0.25) is 29.5 Å². The van der Waals surface area contributed by atoms with Gasteiger partial charge in [0.1, 0.15) is 18.1 Å². The number of guanidine groups is 1. The van der Waals surface area contributed by atoms with E-state index in [1.807, 2.05) is 0 Å². The summed E-state index contributed by atoms with van der Waals surface area (Å²) in [6.07, 6.45) is 0.555. The number of carbonyl (C=O) groups is 6. The maximum Gasteiger partial charge on any atom is 0.326 e. The van der Waals surface area contributed by atoms with Gasteiger partial charge in [-0.25, -0.2) is 4.79 Å². The van der Waals surface area contributed by atoms with Crippen molar-refractivity contribution < 1.29 is 33.9 Å². The van der Waals surface area contributed by atoms with Crippen LogP contribution in [0.5, 0.6) is 0 Å². The third-order valence-corrected chi connectivity index (χ3v) is 5.29. The number of carbonyl (C=O) groups excluding carboxylic acids is 5. The van der Waals surface area contributed by atoms with Crippen molar-refractivity contribution >= 4 is 41.5 Å². The van der Waals surface area contributed by atoms with Crippen molar-refractivity contribution in [2.24, 2.45) is 27.9 Å². The Hall–Kier alpha value is -3.95. The molecule has 4 unspecified atom stereocenters. The summed E-state index contributed by atoms with van der Waals surface area (Å²) in [7, 11) is 0. The summed E-state index contributed by atoms with van der Waals surface area (Å²) in [5, 5.41) is 19.5. The standard InChI is InChI=1S/C20H35N9O7/c21-14(30)6-5-12(28-16(32)10-3-1-7-25-10)18(34)27-11(4-2-8-26-20(23)24)17(33)29-13(19(35)36)9-15(22)31/h10-13,25H,1-9H2,(H2,21,30)(H2,22,31)(H,27,34)(H,28,32)(H,29,33)(H,35,36)(H4,23,24,26). The molecule has 0 aromatic heterocycles. The Labute approximate surface area is 207 Å². The molecule has 0 aliphatic carbocycles. The average Bonchev–Trinajstić information content (AvgIpc) is 3.32. The Morgan fingerprint density at radius 1 is 0.889 bits per heavy atom. The summed E-state index contributed by atoms with van der Waals surface area (Å²) in [6, 6.07) is -4.59. The Balaban J connectivity index is 3.00. The lowest BCUT2D eigenvalue weighted by Crippen LogP contribution is -2.57. The first kappa shape index (κ1) is 30.1. The Kier molecular flexibility index (Phi) is 12.6. The first-order chi connectivity index (χ1) is 16.9. The largest absolute Gasteiger partial charge is 0.480 e. The highest BCUT2D eigenvalue weighted by Gasteiger charge is 2.31. The summed E-state index contributed by atoms with van der Waals surface area (Å²) >= 11 is 0. The van der Waals surface area contributed by atoms with E-state index in [-0.39, 0.29) is 38.2 Å². The molecule has 0 aromatic rings. The van der Waals surface area contributed by atoms with Crippen LogP contribution in [0.1, 0.15) is 44.9 Å². The van der Waals surface area contributed by atoms with E-state index >= 15 is 0 Å². The second-order valence-electron chi connectivity index (χ2n) is 8.29. The second kappa shape index (κ2) is 15.1. The molecule has 0 aromatic carbocycles. The van der Waals surface area contributed by atoms with Crippen LogP contribution >= 0.6 is 0 Å². The van der Waals surface area contributed by atoms with Crippen LogP contribution in [0, 0.1) is 0 Å². The minimum absolute atomic E-state index is 0.0159. The zero-order chi connectivity index (χ0) is 27.3. The van der Waals surface area contributed by atoms with E-state index in [2.05, 4.69) is 26.3 Å². The topological polar surface area (TPSA) is 287 Å². The molecule has 0 spiro atoms. The number of nitrogens with zero attached hydrogens (tertiary/aromatic N) is 1. The number of hydrogen-bond donors (Lipinski definition) is 9. The van der Waals surface area contributed by atoms with Crippen molar-refractivity contribution in [1.29, 1.82) is 0 Å². The molecule has 1 rings (SSSR count). The van der Waals surface area contributed by atoms with Crippen LogP contribution in [0.25, 0.3) is 0 Å². The van der Waals surface area contributed by atoms with E-state index in [1.165, 1.54) is 0 Å². The van der Waals surface area contributed by atoms with Gasteiger partial charge in [-0.2, -0.15) is 0 Å². The molecule has 13 N–H and O–H groups in total. The van der Waals surface area contributed by atoms with Crippen LogP contribution in [0.2, 0.25) is 0 Å². The molecule has 0 bridgehead atoms. The van der Waals surface area contributed by atoms with Crippen LogP contribution < -0.4 is 44.2 Å². The minimum Gasteiger partial charge on any atom is -0.480 e. The molecule has 1 fully saturated rings. The summed E-state index contributed by atoms with van der Waals surface area (Å²) in [4.78, 5) is 76.0. The first-order valence-electron chi connectivity index (χ1n) is 11.4. The van der Waals surface area contributed by atoms with Gasteiger partial charge in [-0.05, 0) is 38.6 Å². The number of amides is 5. The normalized spacial score (nSPS) is 17.2. The van der Waals surface area contributed by atoms with Crippen LogP contribution in [-0.4, -0.2) is 83.8 Å². The van der Waals surface area contributed by atoms with Gasteiger partial charge >= 0.3 is 5.97 Å². The van der Waals surface area contributed by atoms with E-state index in [0.717, 1.165) is 6.42 Å². The lowest BCUT2D eigenvalue weighted by atomic mass is 10.1. The lowest BCUT2D eigenvalue weighted by Gasteiger charge is -2.25. The van der Waals surface area contributed by atoms with Crippen molar-refractivity contribution in [1.82, 2.24) is 21.3 Å². The number of aliphatic carboxylic acids is 1. The van der Waals surface area contributed by atoms with Crippen LogP contribution in [0.3, 0.4) is 0 Å². The number of aliphatic imine (C=N–C) groups is 1. The summed E-state index contributed by atoms with van der Waals surface area (Å²) in [5.41, 5.74) is 20.8. The van der Waals surface area contributed by atoms with E-state index in [4.69, 9.17) is 22.9 Å². The first-order valence-corrected chi connectivity index (χ1v) is 11.4. The zero-order valence-electron chi connectivity index (χ0n) is 19.8. The number of carboxylic acids is 1. The van der Waals surface area contributed by atoms with Crippen molar-refractivity contribution in [3.8, 4) is 0 Å². The van der Waals surface area contributed by atoms with Crippen molar-refractivity contribution in [3.63, 3.8) is 0 Å². The number of primary amides is 2. The molecule has 16 heteroatoms. The zero-order valence-corrected chi connectivity index (χ0v) is 19.8. The quantitative estimate of drug-likeness (QED) is 0.0541. The predicted octanol–water partition coefficient (Wildman–Crippen LogP) is -4.53. The van der Waals surface area contributed by atoms with E-state index < -0.39 is 66.1 Å². The molecule has 0 saturated carbocycles. The maximum atomic E-state index is 13.0. The summed E-state index contributed by atoms with van der Waals surface area (Å²) < 4.78 is 0. The highest BCUT2D eigenvalue weighted by Crippen LogP contribution is 2.08. The molecule has 202 valence electrons. The SMILES string of the molecule is NC(=O)CCC(NC(=O)C1CCCN1)C(=O)NC(CCCN=C(N)N)C(=O)NC(CC(N)=O)C(=O)O. The van der Waals surface area contributed by atoms with Gasteiger partial charge in [0.25, 0.3) is 0 Å². The van der Waals surface area contributed by atoms with Gasteiger partial charge in [-0.15, -0.1) is 0 Å². The molecular formula is C20H35N9O7. The maximum absolute atomic E-state index is 13.0. The van der Waals surface area contributed by atoms with Gasteiger partial charge in [0.15, 0.2) is 5.96 Å². The molecule has 1 saturated heterocycles. The minimum atomic E-state index is -1.62. The Morgan fingerprint density at radius 2 is 1.50 bits per heavy atom. The van der Waals surface area contributed by atoms with Crippen LogP contribution in [0.4, 0.5) is 0 Å². The third-order valence-electron chi connectivity index (χ3n) is 5.29. The average molecular weight is 514 g/mol. The molecule has 0 radical (unpaired) electrons. The van der Waals surface area contributed by atoms with E-state index in [1.54, 1.807) is 0 Å². The molecule has 4 atom stereocenters. The lowest BCUT2D eigenvalue weighted by molar-refractivity contribution is -0.143. The van der Waals surface area contributed by atoms with Crippen molar-refractivity contribution in [3.05, 3.63) is 0 Å². The van der Waals surface area contributed by atoms with Gasteiger partial charge in [-0.3, -0.25) is 29.0 Å². The van der Waals surface area contributed by atoms with Gasteiger partial charge < -0.3 is 49.3 Å². The molecule has 1 heterocycles. The fraction of sp³-hybridized carbons (Fsp3) is 0.650. The second-order valence-corrected chi connectivity index (χ2v) is 8.29. The van der Waals surface area contributed by atoms with E-state index in [0.29, 0.717) is 13.0 Å². The molecule has 1 aliphatic rings. The highest BCUT2D eigenvalue weighted by atomic mass is 16.4. The number of nitrogens with one attached hydrogen (secondary N) is 4. The third kappa shape index (κ3) is 11.5. The number of carboxylic acid groups (broad SMARTS) is 1. The molecule has 1 aliphatic heterocycles. The molecule has 16 nitrogen and oxygen atoms in total. The highest BCUT2D eigenvalue weighted by molar-refractivity contribution is 5.95. The fourth-order valence-electron chi connectivity index (χ4n) is 3.45. The molecular weight excluding hydrogens is 478 g/mol. The number of nitrogens with two attached hydrogens (primary N) is 4. The smallest absolute Gasteiger partial charge is 0.326 e. The Morgan fingerprint density at radius 3 is 2.00 bits per heavy atom. The van der Waals surface area contributed by atoms with E-state index in [9.17, 15) is 33.9 Å². The van der Waals surface area contributed by atoms with Gasteiger partial charge in [-0.1, -0.05) is 0 Å².